The Labute approximate surface area is 293 Å². The Morgan fingerprint density at radius 2 is 1.53 bits per heavy atom. The number of H-pyrrole nitrogens is 1. The highest BCUT2D eigenvalue weighted by molar-refractivity contribution is 6.38. The van der Waals surface area contributed by atoms with Gasteiger partial charge in [0, 0.05) is 32.6 Å². The van der Waals surface area contributed by atoms with Crippen LogP contribution in [0.3, 0.4) is 0 Å². The van der Waals surface area contributed by atoms with E-state index in [1.807, 2.05) is 27.7 Å². The van der Waals surface area contributed by atoms with E-state index in [4.69, 9.17) is 56.9 Å². The summed E-state index contributed by atoms with van der Waals surface area (Å²) in [5.41, 5.74) is 7.05. The maximum absolute atomic E-state index is 14.3. The molecule has 0 fully saturated rings. The molecule has 1 aliphatic rings. The Hall–Kier alpha value is -3.18. The molecule has 0 saturated heterocycles. The van der Waals surface area contributed by atoms with Gasteiger partial charge >= 0.3 is 6.09 Å². The SMILES string of the molecule is CCC(C)C(NC(=O)OCc1cc(Cl)cc(Cl)c1)C(=O)N[C@]1(C(=O)N[C@H](C(N)=O)[C@@H](C)CC)CCc2[nH]c3c(Cl)cc(Cl)cc3c2C1. The molecule has 14 heteroatoms. The second-order valence-electron chi connectivity index (χ2n) is 12.2. The molecule has 0 aliphatic heterocycles. The maximum Gasteiger partial charge on any atom is 0.408 e. The predicted molar refractivity (Wildman–Crippen MR) is 185 cm³/mol. The summed E-state index contributed by atoms with van der Waals surface area (Å²) in [6.45, 7) is 7.26. The van der Waals surface area contributed by atoms with Crippen molar-refractivity contribution in [2.45, 2.75) is 84.0 Å². The van der Waals surface area contributed by atoms with Crippen LogP contribution in [0.4, 0.5) is 4.79 Å². The zero-order valence-corrected chi connectivity index (χ0v) is 29.6. The Balaban J connectivity index is 1.65. The number of nitrogens with one attached hydrogen (secondary N) is 4. The lowest BCUT2D eigenvalue weighted by Crippen LogP contribution is -2.67. The predicted octanol–water partition coefficient (Wildman–Crippen LogP) is 6.48. The number of alkyl carbamates (subject to hydrolysis) is 1. The van der Waals surface area contributed by atoms with Gasteiger partial charge in [-0.3, -0.25) is 14.4 Å². The number of primary amides is 1. The van der Waals surface area contributed by atoms with E-state index in [-0.39, 0.29) is 31.3 Å². The number of aromatic amines is 1. The van der Waals surface area contributed by atoms with E-state index in [2.05, 4.69) is 20.9 Å². The molecule has 254 valence electrons. The van der Waals surface area contributed by atoms with E-state index in [9.17, 15) is 19.2 Å². The third-order valence-electron chi connectivity index (χ3n) is 8.96. The van der Waals surface area contributed by atoms with E-state index < -0.39 is 41.4 Å². The van der Waals surface area contributed by atoms with Crippen LogP contribution in [-0.4, -0.2) is 46.4 Å². The highest BCUT2D eigenvalue weighted by atomic mass is 35.5. The standard InChI is InChI=1S/C33H39Cl4N5O5/c1-5-16(3)26(29(38)43)40-31(45)33(8-7-25-23(14-33)22-12-21(36)13-24(37)28(22)39-25)42-30(44)27(17(4)6-2)41-32(46)47-15-18-9-19(34)11-20(35)10-18/h9-13,16-17,26-27,39H,5-8,14-15H2,1-4H3,(H2,38,43)(H,40,45)(H,41,46)(H,42,44)/t16-,17?,26-,27?,33+/m0/s1. The Kier molecular flexibility index (Phi) is 12.0. The Morgan fingerprint density at radius 3 is 2.15 bits per heavy atom. The Morgan fingerprint density at radius 1 is 0.915 bits per heavy atom. The summed E-state index contributed by atoms with van der Waals surface area (Å²) in [5.74, 6) is -2.43. The largest absolute Gasteiger partial charge is 0.445 e. The van der Waals surface area contributed by atoms with Crippen molar-refractivity contribution in [2.24, 2.45) is 17.6 Å². The number of carbonyl (C=O) groups is 4. The number of nitrogens with two attached hydrogens (primary N) is 1. The van der Waals surface area contributed by atoms with Crippen LogP contribution in [0.1, 0.15) is 63.8 Å². The molecule has 0 spiro atoms. The number of halogens is 4. The molecule has 0 radical (unpaired) electrons. The molecule has 4 rings (SSSR count). The number of ether oxygens (including phenoxy) is 1. The van der Waals surface area contributed by atoms with Crippen LogP contribution in [0.2, 0.25) is 20.1 Å². The maximum atomic E-state index is 14.3. The van der Waals surface area contributed by atoms with E-state index in [0.29, 0.717) is 50.4 Å². The third-order valence-corrected chi connectivity index (χ3v) is 9.92. The highest BCUT2D eigenvalue weighted by Crippen LogP contribution is 2.38. The van der Waals surface area contributed by atoms with Gasteiger partial charge in [0.1, 0.15) is 24.2 Å². The average Bonchev–Trinajstić information content (AvgIpc) is 3.37. The number of aryl methyl sites for hydroxylation is 1. The number of rotatable bonds is 12. The van der Waals surface area contributed by atoms with E-state index in [0.717, 1.165) is 16.6 Å². The minimum Gasteiger partial charge on any atom is -0.445 e. The second-order valence-corrected chi connectivity index (χ2v) is 14.0. The van der Waals surface area contributed by atoms with Crippen LogP contribution < -0.4 is 21.7 Å². The molecule has 10 nitrogen and oxygen atoms in total. The Bertz CT molecular complexity index is 1660. The van der Waals surface area contributed by atoms with Crippen LogP contribution in [0.15, 0.2) is 30.3 Å². The number of hydrogen-bond acceptors (Lipinski definition) is 5. The minimum atomic E-state index is -1.51. The van der Waals surface area contributed by atoms with Crippen molar-refractivity contribution in [3.8, 4) is 0 Å². The first-order valence-corrected chi connectivity index (χ1v) is 17.0. The van der Waals surface area contributed by atoms with Gasteiger partial charge in [-0.2, -0.15) is 0 Å². The van der Waals surface area contributed by atoms with Gasteiger partial charge in [-0.05, 0) is 66.1 Å². The van der Waals surface area contributed by atoms with Crippen LogP contribution in [0, 0.1) is 11.8 Å². The van der Waals surface area contributed by atoms with Crippen molar-refractivity contribution < 1.29 is 23.9 Å². The molecule has 4 amide bonds. The number of amides is 4. The summed E-state index contributed by atoms with van der Waals surface area (Å²) in [6, 6.07) is 6.15. The van der Waals surface area contributed by atoms with Crippen LogP contribution in [-0.2, 0) is 38.6 Å². The van der Waals surface area contributed by atoms with E-state index in [1.165, 1.54) is 0 Å². The van der Waals surface area contributed by atoms with Gasteiger partial charge in [0.15, 0.2) is 0 Å². The van der Waals surface area contributed by atoms with Gasteiger partial charge in [-0.1, -0.05) is 86.9 Å². The van der Waals surface area contributed by atoms with Crippen molar-refractivity contribution in [2.75, 3.05) is 0 Å². The summed E-state index contributed by atoms with van der Waals surface area (Å²) in [7, 11) is 0. The topological polar surface area (TPSA) is 155 Å². The van der Waals surface area contributed by atoms with Crippen LogP contribution >= 0.6 is 46.4 Å². The van der Waals surface area contributed by atoms with Gasteiger partial charge in [0.05, 0.1) is 10.5 Å². The molecular weight excluding hydrogens is 688 g/mol. The molecule has 5 atom stereocenters. The molecule has 1 aliphatic carbocycles. The second kappa shape index (κ2) is 15.4. The van der Waals surface area contributed by atoms with Crippen LogP contribution in [0.5, 0.6) is 0 Å². The summed E-state index contributed by atoms with van der Waals surface area (Å²) in [5, 5.41) is 10.8. The summed E-state index contributed by atoms with van der Waals surface area (Å²) in [6.07, 6.45) is 0.910. The molecule has 0 bridgehead atoms. The zero-order chi connectivity index (χ0) is 34.6. The van der Waals surface area contributed by atoms with Crippen molar-refractivity contribution >= 4 is 81.1 Å². The fraction of sp³-hybridized carbons (Fsp3) is 0.455. The third kappa shape index (κ3) is 8.46. The molecule has 6 N–H and O–H groups in total. The molecule has 3 aromatic rings. The molecule has 1 aromatic heterocycles. The van der Waals surface area contributed by atoms with Crippen LogP contribution in [0.25, 0.3) is 10.9 Å². The minimum absolute atomic E-state index is 0.0652. The number of carbonyl (C=O) groups excluding carboxylic acids is 4. The molecule has 1 heterocycles. The molecule has 2 aromatic carbocycles. The number of benzene rings is 2. The first-order valence-electron chi connectivity index (χ1n) is 15.5. The quantitative estimate of drug-likeness (QED) is 0.145. The van der Waals surface area contributed by atoms with Gasteiger partial charge in [-0.15, -0.1) is 0 Å². The molecule has 47 heavy (non-hydrogen) atoms. The summed E-state index contributed by atoms with van der Waals surface area (Å²) in [4.78, 5) is 57.1. The monoisotopic (exact) mass is 725 g/mol. The molecular formula is C33H39Cl4N5O5. The normalized spacial score (nSPS) is 18.4. The van der Waals surface area contributed by atoms with Gasteiger partial charge in [-0.25, -0.2) is 4.79 Å². The summed E-state index contributed by atoms with van der Waals surface area (Å²) < 4.78 is 5.39. The number of hydrogen-bond donors (Lipinski definition) is 5. The zero-order valence-electron chi connectivity index (χ0n) is 26.6. The summed E-state index contributed by atoms with van der Waals surface area (Å²) >= 11 is 25.0. The van der Waals surface area contributed by atoms with E-state index in [1.54, 1.807) is 30.3 Å². The molecule has 2 unspecified atom stereocenters. The lowest BCUT2D eigenvalue weighted by molar-refractivity contribution is -0.137. The van der Waals surface area contributed by atoms with Gasteiger partial charge < -0.3 is 31.4 Å². The lowest BCUT2D eigenvalue weighted by Gasteiger charge is -2.39. The van der Waals surface area contributed by atoms with Crippen molar-refractivity contribution in [3.63, 3.8) is 0 Å². The van der Waals surface area contributed by atoms with Gasteiger partial charge in [0.2, 0.25) is 17.7 Å². The van der Waals surface area contributed by atoms with Crippen molar-refractivity contribution in [3.05, 3.63) is 67.2 Å². The highest BCUT2D eigenvalue weighted by Gasteiger charge is 2.46. The smallest absolute Gasteiger partial charge is 0.408 e. The van der Waals surface area contributed by atoms with Crippen molar-refractivity contribution in [1.29, 1.82) is 0 Å². The van der Waals surface area contributed by atoms with E-state index >= 15 is 0 Å². The average molecular weight is 728 g/mol. The fourth-order valence-electron chi connectivity index (χ4n) is 5.86. The number of aromatic nitrogens is 1. The lowest BCUT2D eigenvalue weighted by atomic mass is 9.78. The number of fused-ring (bicyclic) bond motifs is 3. The first kappa shape index (κ1) is 36.7. The fourth-order valence-corrected chi connectivity index (χ4v) is 6.98. The van der Waals surface area contributed by atoms with Gasteiger partial charge in [0.25, 0.3) is 0 Å². The first-order chi connectivity index (χ1) is 22.2. The van der Waals surface area contributed by atoms with Crippen molar-refractivity contribution in [1.82, 2.24) is 20.9 Å². The molecule has 0 saturated carbocycles.